The summed E-state index contributed by atoms with van der Waals surface area (Å²) in [6.07, 6.45) is 2.27. The van der Waals surface area contributed by atoms with Gasteiger partial charge in [-0.3, -0.25) is 0 Å². The van der Waals surface area contributed by atoms with Gasteiger partial charge >= 0.3 is 12.1 Å². The molecule has 3 aliphatic rings. The molecule has 7 nitrogen and oxygen atoms in total. The third-order valence-electron chi connectivity index (χ3n) is 8.31. The molecule has 6 atom stereocenters. The summed E-state index contributed by atoms with van der Waals surface area (Å²) < 4.78 is 10.9. The van der Waals surface area contributed by atoms with Crippen molar-refractivity contribution in [2.45, 2.75) is 57.2 Å². The number of carbonyl (C=O) groups is 2. The van der Waals surface area contributed by atoms with Gasteiger partial charge in [-0.25, -0.2) is 9.59 Å². The predicted molar refractivity (Wildman–Crippen MR) is 123 cm³/mol. The normalized spacial score (nSPS) is 32.2. The van der Waals surface area contributed by atoms with Crippen molar-refractivity contribution < 1.29 is 24.2 Å². The van der Waals surface area contributed by atoms with E-state index in [1.54, 1.807) is 24.3 Å². The molecular weight excluding hydrogens is 420 g/mol. The van der Waals surface area contributed by atoms with Crippen molar-refractivity contribution in [2.24, 2.45) is 23.0 Å². The van der Waals surface area contributed by atoms with Crippen LogP contribution in [0, 0.1) is 17.3 Å². The number of carbonyl (C=O) groups excluding carboxylic acids is 2. The highest BCUT2D eigenvalue weighted by molar-refractivity contribution is 5.96. The lowest BCUT2D eigenvalue weighted by molar-refractivity contribution is -0.0527. The maximum absolute atomic E-state index is 12.6. The minimum absolute atomic E-state index is 0.266. The number of aryl methyl sites for hydroxylation is 1. The molecule has 33 heavy (non-hydrogen) atoms. The fourth-order valence-corrected chi connectivity index (χ4v) is 6.69. The molecule has 2 saturated carbocycles. The summed E-state index contributed by atoms with van der Waals surface area (Å²) in [6.45, 7) is 2.12. The number of amides is 1. The molecule has 3 aliphatic carbocycles. The van der Waals surface area contributed by atoms with E-state index >= 15 is 0 Å². The second kappa shape index (κ2) is 8.06. The molecule has 2 fully saturated rings. The monoisotopic (exact) mass is 450 g/mol. The smallest absolute Gasteiger partial charge is 0.404 e. The number of rotatable bonds is 3. The Morgan fingerprint density at radius 2 is 1.94 bits per heavy atom. The van der Waals surface area contributed by atoms with E-state index < -0.39 is 24.3 Å². The molecular formula is C26H30N2O5. The number of aliphatic hydroxyl groups is 1. The predicted octanol–water partition coefficient (Wildman–Crippen LogP) is 3.78. The number of para-hydroxylation sites is 1. The Morgan fingerprint density at radius 1 is 1.15 bits per heavy atom. The number of nitrogen functional groups attached to an aromatic ring is 1. The number of fused-ring (bicyclic) bond motifs is 5. The van der Waals surface area contributed by atoms with E-state index in [0.29, 0.717) is 35.3 Å². The highest BCUT2D eigenvalue weighted by atomic mass is 16.6. The summed E-state index contributed by atoms with van der Waals surface area (Å²) in [6, 6.07) is 12.8. The molecule has 0 unspecified atom stereocenters. The van der Waals surface area contributed by atoms with Crippen LogP contribution in [-0.2, 0) is 11.2 Å². The maximum atomic E-state index is 12.6. The average molecular weight is 451 g/mol. The average Bonchev–Trinajstić information content (AvgIpc) is 3.03. The largest absolute Gasteiger partial charge is 0.444 e. The number of aliphatic hydroxyl groups excluding tert-OH is 1. The van der Waals surface area contributed by atoms with Gasteiger partial charge in [0.15, 0.2) is 0 Å². The number of hydrogen-bond acceptors (Lipinski definition) is 6. The van der Waals surface area contributed by atoms with Gasteiger partial charge in [-0.15, -0.1) is 0 Å². The molecule has 7 heteroatoms. The molecule has 0 aromatic heterocycles. The number of anilines is 1. The molecule has 0 aliphatic heterocycles. The number of esters is 1. The Kier molecular flexibility index (Phi) is 5.32. The summed E-state index contributed by atoms with van der Waals surface area (Å²) in [5, 5.41) is 10.9. The van der Waals surface area contributed by atoms with E-state index in [0.717, 1.165) is 25.7 Å². The van der Waals surface area contributed by atoms with Crippen LogP contribution < -0.4 is 16.2 Å². The molecule has 5 N–H and O–H groups in total. The van der Waals surface area contributed by atoms with Gasteiger partial charge in [-0.1, -0.05) is 25.1 Å². The summed E-state index contributed by atoms with van der Waals surface area (Å²) in [4.78, 5) is 23.9. The van der Waals surface area contributed by atoms with E-state index in [2.05, 4.69) is 13.0 Å². The summed E-state index contributed by atoms with van der Waals surface area (Å²) in [5.74, 6) is 1.11. The Bertz CT molecular complexity index is 1100. The van der Waals surface area contributed by atoms with E-state index in [9.17, 15) is 14.7 Å². The summed E-state index contributed by atoms with van der Waals surface area (Å²) in [5.41, 5.74) is 14.1. The third-order valence-corrected chi connectivity index (χ3v) is 8.31. The van der Waals surface area contributed by atoms with Crippen molar-refractivity contribution in [1.82, 2.24) is 0 Å². The van der Waals surface area contributed by atoms with Crippen LogP contribution in [0.5, 0.6) is 5.75 Å². The second-order valence-corrected chi connectivity index (χ2v) is 9.95. The molecule has 0 saturated heterocycles. The Balaban J connectivity index is 1.36. The zero-order valence-electron chi connectivity index (χ0n) is 18.7. The minimum Gasteiger partial charge on any atom is -0.444 e. The highest BCUT2D eigenvalue weighted by Gasteiger charge is 2.59. The molecule has 0 heterocycles. The van der Waals surface area contributed by atoms with Crippen LogP contribution in [0.3, 0.4) is 0 Å². The topological polar surface area (TPSA) is 125 Å². The molecule has 5 rings (SSSR count). The number of nitrogens with two attached hydrogens (primary N) is 2. The van der Waals surface area contributed by atoms with Gasteiger partial charge in [-0.2, -0.15) is 0 Å². The minimum atomic E-state index is -0.828. The van der Waals surface area contributed by atoms with Crippen molar-refractivity contribution in [1.29, 1.82) is 0 Å². The van der Waals surface area contributed by atoms with E-state index in [4.69, 9.17) is 20.9 Å². The first-order valence-corrected chi connectivity index (χ1v) is 11.6. The number of benzene rings is 2. The van der Waals surface area contributed by atoms with Crippen LogP contribution >= 0.6 is 0 Å². The van der Waals surface area contributed by atoms with E-state index in [1.165, 1.54) is 11.1 Å². The van der Waals surface area contributed by atoms with Crippen LogP contribution in [0.15, 0.2) is 42.5 Å². The summed E-state index contributed by atoms with van der Waals surface area (Å²) in [7, 11) is 0. The Hall–Kier alpha value is -3.06. The van der Waals surface area contributed by atoms with Crippen molar-refractivity contribution >= 4 is 17.7 Å². The first kappa shape index (κ1) is 21.8. The van der Waals surface area contributed by atoms with Crippen LogP contribution in [0.2, 0.25) is 0 Å². The van der Waals surface area contributed by atoms with Crippen LogP contribution in [0.4, 0.5) is 10.5 Å². The van der Waals surface area contributed by atoms with Gasteiger partial charge in [0.05, 0.1) is 11.7 Å². The van der Waals surface area contributed by atoms with Crippen LogP contribution in [0.25, 0.3) is 0 Å². The van der Waals surface area contributed by atoms with Crippen molar-refractivity contribution in [3.8, 4) is 5.75 Å². The van der Waals surface area contributed by atoms with Gasteiger partial charge < -0.3 is 26.0 Å². The lowest BCUT2D eigenvalue weighted by Crippen LogP contribution is -2.45. The Labute approximate surface area is 193 Å². The number of primary amides is 1. The third kappa shape index (κ3) is 3.64. The first-order valence-electron chi connectivity index (χ1n) is 11.6. The van der Waals surface area contributed by atoms with Crippen molar-refractivity contribution in [3.05, 3.63) is 59.2 Å². The van der Waals surface area contributed by atoms with Gasteiger partial charge in [0.1, 0.15) is 11.9 Å². The molecule has 174 valence electrons. The van der Waals surface area contributed by atoms with Gasteiger partial charge in [-0.05, 0) is 85.3 Å². The highest BCUT2D eigenvalue weighted by Crippen LogP contribution is 2.61. The quantitative estimate of drug-likeness (QED) is 0.371. The zero-order valence-corrected chi connectivity index (χ0v) is 18.7. The SMILES string of the molecule is C[C@]12CC[C@@H]3c4ccc(OC(=O)c5ccccc5N)cc4CC[C@H]3[C@@H]1C[C@@H](OC(N)=O)[C@@H]2O. The van der Waals surface area contributed by atoms with Gasteiger partial charge in [0.2, 0.25) is 0 Å². The zero-order chi connectivity index (χ0) is 23.3. The fourth-order valence-electron chi connectivity index (χ4n) is 6.69. The maximum Gasteiger partial charge on any atom is 0.404 e. The first-order chi connectivity index (χ1) is 15.8. The fraction of sp³-hybridized carbons (Fsp3) is 0.462. The molecule has 2 aromatic carbocycles. The standard InChI is InChI=1S/C26H30N2O5/c1-26-11-10-17-16-9-7-15(32-24(30)19-4-2-3-5-21(19)27)12-14(16)6-8-18(17)20(26)13-22(23(26)29)33-25(28)31/h2-5,7,9,12,17-18,20,22-23,29H,6,8,10-11,13,27H2,1H3,(H2,28,31)/t17-,18-,20+,22-,23+,26+/m1/s1. The molecule has 2 aromatic rings. The van der Waals surface area contributed by atoms with Crippen molar-refractivity contribution in [2.75, 3.05) is 5.73 Å². The van der Waals surface area contributed by atoms with E-state index in [1.807, 2.05) is 12.1 Å². The van der Waals surface area contributed by atoms with Crippen LogP contribution in [-0.4, -0.2) is 29.4 Å². The molecule has 0 spiro atoms. The number of ether oxygens (including phenoxy) is 2. The van der Waals surface area contributed by atoms with Crippen molar-refractivity contribution in [3.63, 3.8) is 0 Å². The lowest BCUT2D eigenvalue weighted by Gasteiger charge is -2.49. The van der Waals surface area contributed by atoms with E-state index in [-0.39, 0.29) is 11.3 Å². The Morgan fingerprint density at radius 3 is 2.70 bits per heavy atom. The molecule has 1 amide bonds. The van der Waals surface area contributed by atoms with Gasteiger partial charge in [0, 0.05) is 11.1 Å². The number of hydrogen-bond donors (Lipinski definition) is 3. The molecule has 0 bridgehead atoms. The second-order valence-electron chi connectivity index (χ2n) is 9.95. The lowest BCUT2D eigenvalue weighted by atomic mass is 9.55. The summed E-state index contributed by atoms with van der Waals surface area (Å²) >= 11 is 0. The van der Waals surface area contributed by atoms with Crippen LogP contribution in [0.1, 0.15) is 60.0 Å². The van der Waals surface area contributed by atoms with Gasteiger partial charge in [0.25, 0.3) is 0 Å². The molecule has 0 radical (unpaired) electrons.